The maximum Gasteiger partial charge on any atom is 0.355 e. The summed E-state index contributed by atoms with van der Waals surface area (Å²) in [6.45, 7) is 4.55. The molecule has 1 atom stereocenters. The number of rotatable bonds is 15. The maximum absolute atomic E-state index is 12.0. The first-order valence-electron chi connectivity index (χ1n) is 27.8. The van der Waals surface area contributed by atoms with E-state index in [9.17, 15) is 92.5 Å². The molecule has 37 heteroatoms. The Morgan fingerprint density at radius 1 is 0.485 bits per heavy atom. The second-order valence-electron chi connectivity index (χ2n) is 20.2. The number of aromatic carboxylic acids is 1. The number of fused-ring (bicyclic) bond motifs is 1. The number of hydroxylamine groups is 2. The third-order valence-electron chi connectivity index (χ3n) is 12.6. The molecule has 2 aliphatic rings. The molecular weight excluding hydrogens is 1460 g/mol. The molecule has 2 amide bonds. The number of ketones is 3. The second-order valence-corrected chi connectivity index (χ2v) is 33.9. The van der Waals surface area contributed by atoms with E-state index >= 15 is 0 Å². The highest BCUT2D eigenvalue weighted by Crippen LogP contribution is 2.27. The highest BCUT2D eigenvalue weighted by Gasteiger charge is 2.34. The first-order chi connectivity index (χ1) is 45.8. The number of hydrogen-bond acceptors (Lipinski definition) is 26. The molecule has 99 heavy (non-hydrogen) atoms. The first-order valence-corrected chi connectivity index (χ1v) is 40.5. The van der Waals surface area contributed by atoms with Crippen LogP contribution in [-0.2, 0) is 86.6 Å². The van der Waals surface area contributed by atoms with Gasteiger partial charge >= 0.3 is 22.1 Å². The van der Waals surface area contributed by atoms with Crippen LogP contribution in [0.5, 0.6) is 0 Å². The van der Waals surface area contributed by atoms with Crippen molar-refractivity contribution in [3.8, 4) is 0 Å². The van der Waals surface area contributed by atoms with Gasteiger partial charge in [0.15, 0.2) is 63.0 Å². The van der Waals surface area contributed by atoms with Crippen LogP contribution in [0.3, 0.4) is 0 Å². The minimum atomic E-state index is -3.83. The van der Waals surface area contributed by atoms with Gasteiger partial charge in [-0.25, -0.2) is 67.5 Å². The van der Waals surface area contributed by atoms with Gasteiger partial charge in [-0.15, -0.1) is 0 Å². The highest BCUT2D eigenvalue weighted by atomic mass is 35.7. The zero-order valence-electron chi connectivity index (χ0n) is 53.4. The van der Waals surface area contributed by atoms with E-state index in [1.807, 2.05) is 0 Å². The van der Waals surface area contributed by atoms with E-state index in [1.54, 1.807) is 54.6 Å². The lowest BCUT2D eigenvalue weighted by molar-refractivity contribution is -0.186. The molecular formula is C62H65ClN2O27S7. The van der Waals surface area contributed by atoms with E-state index in [-0.39, 0.29) is 90.6 Å². The summed E-state index contributed by atoms with van der Waals surface area (Å²) in [7, 11) is -18.9. The number of hydrogen-bond donors (Lipinski definition) is 4. The van der Waals surface area contributed by atoms with Gasteiger partial charge in [0.2, 0.25) is 0 Å². The van der Waals surface area contributed by atoms with E-state index in [1.165, 1.54) is 142 Å². The van der Waals surface area contributed by atoms with E-state index in [0.29, 0.717) is 13.0 Å². The van der Waals surface area contributed by atoms with Crippen LogP contribution in [-0.4, -0.2) is 155 Å². The Bertz CT molecular complexity index is 4780. The van der Waals surface area contributed by atoms with Crippen LogP contribution in [0.1, 0.15) is 113 Å². The Labute approximate surface area is 576 Å². The average Bonchev–Trinajstić information content (AvgIpc) is 1.66. The summed E-state index contributed by atoms with van der Waals surface area (Å²) >= 11 is 0. The van der Waals surface area contributed by atoms with Crippen molar-refractivity contribution in [1.82, 2.24) is 11.0 Å². The standard InChI is InChI=1S/C13H17NO5S.C9H10O4S.C9H10O3S.C8H7ClO3S.C8H9NO4S.C8H8O4S.C7H4O4S/c1-20(16,17)11-7-3-2-6-10(11)13(15)14-19-12-8-4-5-9-18-12;1-7(10)8-5-3-4-6-9(8)14(11,12)13-2;1-7(10)8-5-3-4-6-9(8)13(2,11)12;1-6(10)7-4-2-3-5-8(7)13(9,11)12;1-14(12,13)7-5-3-2-4-6(7)8(10)9-11;1-13(11,12)7-5-3-2-4-6(7)8(9)10;8-7-5-3-1-2-4-6(5)12(9,10)11-7/h2-3,6-7,12H,4-5,8-9H2,1H3,(H,14,15);3-6H,1-2H3;3-6H,1-2H3;2-5H,1H3;2-5,11H,1H3,(H,9,10);2-5H,1H3,(H,9,10);1-4H. The van der Waals surface area contributed by atoms with Crippen molar-refractivity contribution >= 4 is 120 Å². The lowest BCUT2D eigenvalue weighted by Crippen LogP contribution is -2.33. The molecule has 1 fully saturated rings. The minimum absolute atomic E-state index is 0.0225. The molecule has 2 aliphatic heterocycles. The number of Topliss-reactive ketones (excluding diaryl/α,β-unsaturated/α-hetero) is 3. The lowest BCUT2D eigenvalue weighted by atomic mass is 10.1. The minimum Gasteiger partial charge on any atom is -0.478 e. The van der Waals surface area contributed by atoms with Gasteiger partial charge in [-0.1, -0.05) is 103 Å². The van der Waals surface area contributed by atoms with Crippen molar-refractivity contribution in [2.75, 3.05) is 38.7 Å². The van der Waals surface area contributed by atoms with Gasteiger partial charge in [-0.05, 0) is 100 Å². The van der Waals surface area contributed by atoms with Crippen LogP contribution >= 0.6 is 10.7 Å². The number of carboxylic acid groups (broad SMARTS) is 1. The third kappa shape index (κ3) is 26.1. The molecule has 7 aromatic carbocycles. The van der Waals surface area contributed by atoms with E-state index in [0.717, 1.165) is 45.0 Å². The number of amides is 2. The van der Waals surface area contributed by atoms with Crippen molar-refractivity contribution in [2.24, 2.45) is 0 Å². The molecule has 0 spiro atoms. The Balaban J connectivity index is 0.000000303. The fourth-order valence-corrected chi connectivity index (χ4v) is 14.8. The van der Waals surface area contributed by atoms with Gasteiger partial charge < -0.3 is 14.0 Å². The molecule has 0 aliphatic carbocycles. The van der Waals surface area contributed by atoms with Crippen molar-refractivity contribution in [3.05, 3.63) is 209 Å². The molecule has 0 saturated carbocycles. The molecule has 0 aromatic heterocycles. The average molecular weight is 1530 g/mol. The molecule has 29 nitrogen and oxygen atoms in total. The van der Waals surface area contributed by atoms with Crippen LogP contribution < -0.4 is 11.0 Å². The Hall–Kier alpha value is -8.79. The molecule has 534 valence electrons. The predicted molar refractivity (Wildman–Crippen MR) is 356 cm³/mol. The molecule has 0 radical (unpaired) electrons. The highest BCUT2D eigenvalue weighted by molar-refractivity contribution is 8.13. The smallest absolute Gasteiger partial charge is 0.355 e. The number of carboxylic acids is 1. The van der Waals surface area contributed by atoms with Gasteiger partial charge in [0.05, 0.1) is 53.8 Å². The summed E-state index contributed by atoms with van der Waals surface area (Å²) in [6.07, 6.45) is 6.31. The monoisotopic (exact) mass is 1530 g/mol. The number of halogens is 1. The number of carbonyl (C=O) groups is 7. The summed E-state index contributed by atoms with van der Waals surface area (Å²) in [5.74, 6) is -4.33. The quantitative estimate of drug-likeness (QED) is 0.0260. The summed E-state index contributed by atoms with van der Waals surface area (Å²) in [6, 6.07) is 41.0. The van der Waals surface area contributed by atoms with Crippen LogP contribution in [0.2, 0.25) is 0 Å². The fourth-order valence-electron chi connectivity index (χ4n) is 8.12. The number of benzene rings is 7. The summed E-state index contributed by atoms with van der Waals surface area (Å²) in [5.41, 5.74) is 4.08. The molecule has 1 saturated heterocycles. The summed E-state index contributed by atoms with van der Waals surface area (Å²) in [4.78, 5) is 82.4. The van der Waals surface area contributed by atoms with Gasteiger partial charge in [0.1, 0.15) is 9.79 Å². The second kappa shape index (κ2) is 36.9. The van der Waals surface area contributed by atoms with Crippen molar-refractivity contribution in [2.45, 2.75) is 80.6 Å². The summed E-state index contributed by atoms with van der Waals surface area (Å²) < 4.78 is 171. The van der Waals surface area contributed by atoms with Crippen molar-refractivity contribution < 1.29 is 121 Å². The van der Waals surface area contributed by atoms with Crippen LogP contribution in [0, 0.1) is 0 Å². The normalized spacial score (nSPS) is 13.8. The molecule has 7 aromatic rings. The first kappa shape index (κ1) is 84.4. The number of ether oxygens (including phenoxy) is 1. The SMILES string of the molecule is CC(=O)c1ccccc1S(=O)(=O)Cl.CC(=O)c1ccccc1S(C)(=O)=O.COS(=O)(=O)c1ccccc1C(C)=O.CS(=O)(=O)c1ccccc1C(=O)NO.CS(=O)(=O)c1ccccc1C(=O)NOC1CCCCO1.CS(=O)(=O)c1ccccc1C(=O)O.O=C1OS(=O)(=O)c2ccccc21. The van der Waals surface area contributed by atoms with Gasteiger partial charge in [-0.2, -0.15) is 16.8 Å². The van der Waals surface area contributed by atoms with Gasteiger partial charge in [0.25, 0.3) is 31.0 Å². The van der Waals surface area contributed by atoms with Gasteiger partial charge in [-0.3, -0.25) is 33.4 Å². The van der Waals surface area contributed by atoms with Gasteiger partial charge in [0, 0.05) is 65.4 Å². The molecule has 0 bridgehead atoms. The Kier molecular flexibility index (Phi) is 31.4. The maximum atomic E-state index is 12.0. The topological polar surface area (TPSA) is 460 Å². The number of nitrogens with one attached hydrogen (secondary N) is 2. The third-order valence-corrected chi connectivity index (χ3v) is 21.2. The predicted octanol–water partition coefficient (Wildman–Crippen LogP) is 7.15. The molecule has 9 rings (SSSR count). The fraction of sp³-hybridized carbons (Fsp3) is 0.210. The van der Waals surface area contributed by atoms with E-state index < -0.39 is 98.7 Å². The summed E-state index contributed by atoms with van der Waals surface area (Å²) in [5, 5.41) is 17.0. The number of carbonyl (C=O) groups excluding carboxylic acids is 6. The van der Waals surface area contributed by atoms with Crippen LogP contribution in [0.4, 0.5) is 0 Å². The lowest BCUT2D eigenvalue weighted by Gasteiger charge is -2.22. The zero-order chi connectivity index (χ0) is 75.1. The van der Waals surface area contributed by atoms with Crippen LogP contribution in [0.15, 0.2) is 204 Å². The number of sulfone groups is 4. The zero-order valence-corrected chi connectivity index (χ0v) is 59.9. The Morgan fingerprint density at radius 2 is 0.818 bits per heavy atom. The molecule has 1 unspecified atom stereocenters. The van der Waals surface area contributed by atoms with E-state index in [4.69, 9.17) is 30.6 Å². The Morgan fingerprint density at radius 3 is 1.15 bits per heavy atom. The largest absolute Gasteiger partial charge is 0.478 e. The molecule has 4 N–H and O–H groups in total. The van der Waals surface area contributed by atoms with E-state index in [2.05, 4.69) is 13.8 Å². The molecule has 2 heterocycles. The van der Waals surface area contributed by atoms with Crippen molar-refractivity contribution in [3.63, 3.8) is 0 Å². The van der Waals surface area contributed by atoms with Crippen molar-refractivity contribution in [1.29, 1.82) is 0 Å². The van der Waals surface area contributed by atoms with Crippen LogP contribution in [0.25, 0.3) is 0 Å².